The van der Waals surface area contributed by atoms with E-state index in [1.165, 1.54) is 0 Å². The summed E-state index contributed by atoms with van der Waals surface area (Å²) in [5, 5.41) is 8.91. The molecule has 21 heavy (non-hydrogen) atoms. The largest absolute Gasteiger partial charge is 0.464 e. The lowest BCUT2D eigenvalue weighted by Gasteiger charge is -2.33. The van der Waals surface area contributed by atoms with Crippen LogP contribution in [0.1, 0.15) is 22.8 Å². The Labute approximate surface area is 127 Å². The first-order chi connectivity index (χ1) is 10.2. The second kappa shape index (κ2) is 7.14. The molecule has 1 aromatic carbocycles. The van der Waals surface area contributed by atoms with Gasteiger partial charge in [0.1, 0.15) is 6.04 Å². The predicted octanol–water partition coefficient (Wildman–Crippen LogP) is 1.68. The quantitative estimate of drug-likeness (QED) is 0.795. The standard InChI is InChI=1S/C15H16N2O3S/c1-2-20-15(19)13-10-21-7-6-17(13)14(18)12-5-3-4-11(8-12)9-16/h3-5,8,13H,2,6-7,10H2,1H3. The third-order valence-electron chi connectivity index (χ3n) is 3.19. The van der Waals surface area contributed by atoms with Crippen LogP contribution in [0.2, 0.25) is 0 Å². The lowest BCUT2D eigenvalue weighted by molar-refractivity contribution is -0.147. The molecule has 1 atom stereocenters. The summed E-state index contributed by atoms with van der Waals surface area (Å²) in [6.45, 7) is 2.55. The summed E-state index contributed by atoms with van der Waals surface area (Å²) in [5.74, 6) is 0.738. The molecule has 0 spiro atoms. The molecule has 1 heterocycles. The molecule has 1 saturated heterocycles. The Morgan fingerprint density at radius 2 is 2.33 bits per heavy atom. The molecule has 5 nitrogen and oxygen atoms in total. The third-order valence-corrected chi connectivity index (χ3v) is 4.21. The number of hydrogen-bond donors (Lipinski definition) is 0. The normalized spacial score (nSPS) is 17.9. The highest BCUT2D eigenvalue weighted by Gasteiger charge is 2.34. The van der Waals surface area contributed by atoms with Gasteiger partial charge in [-0.05, 0) is 25.1 Å². The highest BCUT2D eigenvalue weighted by molar-refractivity contribution is 7.99. The van der Waals surface area contributed by atoms with Crippen LogP contribution in [0.4, 0.5) is 0 Å². The minimum absolute atomic E-state index is 0.231. The van der Waals surface area contributed by atoms with Crippen LogP contribution in [0.3, 0.4) is 0 Å². The smallest absolute Gasteiger partial charge is 0.329 e. The van der Waals surface area contributed by atoms with Crippen molar-refractivity contribution >= 4 is 23.6 Å². The van der Waals surface area contributed by atoms with Gasteiger partial charge in [-0.2, -0.15) is 17.0 Å². The minimum Gasteiger partial charge on any atom is -0.464 e. The van der Waals surface area contributed by atoms with E-state index in [4.69, 9.17) is 10.00 Å². The van der Waals surface area contributed by atoms with Crippen LogP contribution >= 0.6 is 11.8 Å². The number of rotatable bonds is 3. The Morgan fingerprint density at radius 3 is 3.05 bits per heavy atom. The molecule has 0 aromatic heterocycles. The highest BCUT2D eigenvalue weighted by Crippen LogP contribution is 2.20. The van der Waals surface area contributed by atoms with Crippen molar-refractivity contribution in [3.05, 3.63) is 35.4 Å². The van der Waals surface area contributed by atoms with Gasteiger partial charge in [0, 0.05) is 23.6 Å². The van der Waals surface area contributed by atoms with Crippen LogP contribution < -0.4 is 0 Å². The van der Waals surface area contributed by atoms with Crippen molar-refractivity contribution < 1.29 is 14.3 Å². The summed E-state index contributed by atoms with van der Waals surface area (Å²) < 4.78 is 5.04. The summed E-state index contributed by atoms with van der Waals surface area (Å²) in [6.07, 6.45) is 0. The number of carbonyl (C=O) groups excluding carboxylic acids is 2. The van der Waals surface area contributed by atoms with E-state index in [-0.39, 0.29) is 11.9 Å². The van der Waals surface area contributed by atoms with E-state index in [1.807, 2.05) is 6.07 Å². The van der Waals surface area contributed by atoms with E-state index < -0.39 is 6.04 Å². The number of amides is 1. The van der Waals surface area contributed by atoms with Crippen LogP contribution in [-0.4, -0.2) is 47.5 Å². The molecular formula is C15H16N2O3S. The average Bonchev–Trinajstić information content (AvgIpc) is 2.54. The molecule has 1 amide bonds. The summed E-state index contributed by atoms with van der Waals surface area (Å²) in [4.78, 5) is 26.1. The zero-order chi connectivity index (χ0) is 15.2. The summed E-state index contributed by atoms with van der Waals surface area (Å²) >= 11 is 1.63. The molecule has 1 aliphatic rings. The number of nitriles is 1. The van der Waals surface area contributed by atoms with E-state index in [9.17, 15) is 9.59 Å². The predicted molar refractivity (Wildman–Crippen MR) is 79.9 cm³/mol. The fraction of sp³-hybridized carbons (Fsp3) is 0.400. The van der Waals surface area contributed by atoms with Crippen molar-refractivity contribution in [2.75, 3.05) is 24.7 Å². The molecule has 1 unspecified atom stereocenters. The Bertz CT molecular complexity index is 583. The van der Waals surface area contributed by atoms with Gasteiger partial charge >= 0.3 is 5.97 Å². The van der Waals surface area contributed by atoms with Gasteiger partial charge in [0.15, 0.2) is 0 Å². The van der Waals surface area contributed by atoms with Crippen molar-refractivity contribution in [2.24, 2.45) is 0 Å². The Kier molecular flexibility index (Phi) is 5.23. The molecule has 1 aromatic rings. The Hall–Kier alpha value is -2.00. The van der Waals surface area contributed by atoms with Gasteiger partial charge in [-0.25, -0.2) is 4.79 Å². The van der Waals surface area contributed by atoms with Crippen molar-refractivity contribution in [3.63, 3.8) is 0 Å². The van der Waals surface area contributed by atoms with Crippen LogP contribution in [-0.2, 0) is 9.53 Å². The summed E-state index contributed by atoms with van der Waals surface area (Å²) in [5.41, 5.74) is 0.857. The lowest BCUT2D eigenvalue weighted by Crippen LogP contribution is -2.51. The first-order valence-corrected chi connectivity index (χ1v) is 7.88. The molecule has 6 heteroatoms. The number of esters is 1. The number of thioether (sulfide) groups is 1. The minimum atomic E-state index is -0.554. The molecular weight excluding hydrogens is 288 g/mol. The average molecular weight is 304 g/mol. The fourth-order valence-electron chi connectivity index (χ4n) is 2.17. The zero-order valence-corrected chi connectivity index (χ0v) is 12.6. The number of carbonyl (C=O) groups is 2. The van der Waals surface area contributed by atoms with Crippen molar-refractivity contribution in [3.8, 4) is 6.07 Å². The zero-order valence-electron chi connectivity index (χ0n) is 11.7. The van der Waals surface area contributed by atoms with Gasteiger partial charge in [-0.1, -0.05) is 6.07 Å². The molecule has 110 valence electrons. The molecule has 1 aliphatic heterocycles. The first-order valence-electron chi connectivity index (χ1n) is 6.73. The number of nitrogens with zero attached hydrogens (tertiary/aromatic N) is 2. The van der Waals surface area contributed by atoms with E-state index in [0.29, 0.717) is 30.0 Å². The van der Waals surface area contributed by atoms with Crippen molar-refractivity contribution in [1.29, 1.82) is 5.26 Å². The monoisotopic (exact) mass is 304 g/mol. The number of ether oxygens (including phenoxy) is 1. The molecule has 0 bridgehead atoms. The molecule has 0 N–H and O–H groups in total. The maximum atomic E-state index is 12.6. The molecule has 1 fully saturated rings. The van der Waals surface area contributed by atoms with Gasteiger partial charge in [-0.15, -0.1) is 0 Å². The van der Waals surface area contributed by atoms with Crippen LogP contribution in [0, 0.1) is 11.3 Å². The number of hydrogen-bond acceptors (Lipinski definition) is 5. The topological polar surface area (TPSA) is 70.4 Å². The van der Waals surface area contributed by atoms with Crippen LogP contribution in [0.25, 0.3) is 0 Å². The van der Waals surface area contributed by atoms with E-state index in [2.05, 4.69) is 0 Å². The molecule has 0 aliphatic carbocycles. The van der Waals surface area contributed by atoms with Gasteiger partial charge < -0.3 is 9.64 Å². The van der Waals surface area contributed by atoms with Gasteiger partial charge in [0.2, 0.25) is 0 Å². The molecule has 2 rings (SSSR count). The summed E-state index contributed by atoms with van der Waals surface area (Å²) in [6, 6.07) is 7.98. The number of benzene rings is 1. The van der Waals surface area contributed by atoms with Crippen molar-refractivity contribution in [1.82, 2.24) is 4.90 Å². The third kappa shape index (κ3) is 3.56. The second-order valence-corrected chi connectivity index (χ2v) is 5.68. The molecule has 0 radical (unpaired) electrons. The lowest BCUT2D eigenvalue weighted by atomic mass is 10.1. The highest BCUT2D eigenvalue weighted by atomic mass is 32.2. The maximum Gasteiger partial charge on any atom is 0.329 e. The summed E-state index contributed by atoms with van der Waals surface area (Å²) in [7, 11) is 0. The first kappa shape index (κ1) is 15.4. The van der Waals surface area contributed by atoms with Crippen LogP contribution in [0.5, 0.6) is 0 Å². The van der Waals surface area contributed by atoms with Crippen LogP contribution in [0.15, 0.2) is 24.3 Å². The Morgan fingerprint density at radius 1 is 1.52 bits per heavy atom. The van der Waals surface area contributed by atoms with Crippen molar-refractivity contribution in [2.45, 2.75) is 13.0 Å². The van der Waals surface area contributed by atoms with E-state index >= 15 is 0 Å². The van der Waals surface area contributed by atoms with Gasteiger partial charge in [0.05, 0.1) is 18.2 Å². The Balaban J connectivity index is 2.22. The maximum absolute atomic E-state index is 12.6. The SMILES string of the molecule is CCOC(=O)C1CSCCN1C(=O)c1cccc(C#N)c1. The van der Waals surface area contributed by atoms with Gasteiger partial charge in [-0.3, -0.25) is 4.79 Å². The second-order valence-electron chi connectivity index (χ2n) is 4.53. The van der Waals surface area contributed by atoms with E-state index in [0.717, 1.165) is 5.75 Å². The van der Waals surface area contributed by atoms with E-state index in [1.54, 1.807) is 47.9 Å². The fourth-order valence-corrected chi connectivity index (χ4v) is 3.20. The van der Waals surface area contributed by atoms with Gasteiger partial charge in [0.25, 0.3) is 5.91 Å². The molecule has 0 saturated carbocycles.